The quantitative estimate of drug-likeness (QED) is 0.238. The van der Waals surface area contributed by atoms with Crippen molar-refractivity contribution in [2.75, 3.05) is 7.11 Å². The van der Waals surface area contributed by atoms with E-state index in [1.807, 2.05) is 0 Å². The van der Waals surface area contributed by atoms with Crippen LogP contribution < -0.4 is 5.43 Å². The third-order valence-corrected chi connectivity index (χ3v) is 5.81. The highest BCUT2D eigenvalue weighted by molar-refractivity contribution is 6.32. The van der Waals surface area contributed by atoms with Crippen LogP contribution in [0.3, 0.4) is 0 Å². The summed E-state index contributed by atoms with van der Waals surface area (Å²) in [5, 5.41) is 41.2. The van der Waals surface area contributed by atoms with Crippen molar-refractivity contribution in [1.82, 2.24) is 0 Å². The minimum atomic E-state index is -1.03. The fourth-order valence-electron chi connectivity index (χ4n) is 3.82. The van der Waals surface area contributed by atoms with Crippen LogP contribution in [0.2, 0.25) is 5.02 Å². The summed E-state index contributed by atoms with van der Waals surface area (Å²) >= 11 is 6.07. The Morgan fingerprint density at radius 2 is 1.71 bits per heavy atom. The van der Waals surface area contributed by atoms with Crippen molar-refractivity contribution < 1.29 is 34.4 Å². The Labute approximate surface area is 197 Å². The monoisotopic (exact) mass is 482 g/mol. The molecule has 0 saturated carbocycles. The van der Waals surface area contributed by atoms with E-state index in [0.29, 0.717) is 11.1 Å². The highest BCUT2D eigenvalue weighted by atomic mass is 35.5. The van der Waals surface area contributed by atoms with Crippen LogP contribution in [0.25, 0.3) is 22.3 Å². The average molecular weight is 483 g/mol. The van der Waals surface area contributed by atoms with Crippen molar-refractivity contribution in [1.29, 1.82) is 0 Å². The number of fused-ring (bicyclic) bond motifs is 1. The molecule has 0 fully saturated rings. The number of methoxy groups -OCH3 is 1. The first-order chi connectivity index (χ1) is 16.2. The number of benzene rings is 3. The first kappa shape index (κ1) is 23.0. The molecule has 0 amide bonds. The Morgan fingerprint density at radius 3 is 2.35 bits per heavy atom. The van der Waals surface area contributed by atoms with Crippen LogP contribution in [0, 0.1) is 0 Å². The van der Waals surface area contributed by atoms with Gasteiger partial charge in [-0.25, -0.2) is 0 Å². The second-order valence-electron chi connectivity index (χ2n) is 7.55. The zero-order chi connectivity index (χ0) is 24.6. The van der Waals surface area contributed by atoms with E-state index >= 15 is 0 Å². The summed E-state index contributed by atoms with van der Waals surface area (Å²) in [4.78, 5) is 25.3. The van der Waals surface area contributed by atoms with Gasteiger partial charge in [0, 0.05) is 23.1 Å². The molecule has 0 radical (unpaired) electrons. The zero-order valence-electron chi connectivity index (χ0n) is 17.8. The topological polar surface area (TPSA) is 137 Å². The molecule has 0 aliphatic heterocycles. The number of hydrogen-bond donors (Lipinski definition) is 4. The number of carbonyl (C=O) groups is 1. The molecule has 4 aromatic rings. The molecule has 0 spiro atoms. The van der Waals surface area contributed by atoms with Crippen LogP contribution in [-0.2, 0) is 9.53 Å². The van der Waals surface area contributed by atoms with Gasteiger partial charge in [-0.05, 0) is 17.7 Å². The Bertz CT molecular complexity index is 1460. The van der Waals surface area contributed by atoms with Crippen molar-refractivity contribution >= 4 is 28.5 Å². The van der Waals surface area contributed by atoms with E-state index in [4.69, 9.17) is 20.8 Å². The molecule has 0 aliphatic carbocycles. The van der Waals surface area contributed by atoms with Crippen LogP contribution in [0.4, 0.5) is 0 Å². The minimum absolute atomic E-state index is 0.0226. The molecule has 0 aliphatic rings. The summed E-state index contributed by atoms with van der Waals surface area (Å²) in [5.74, 6) is -4.35. The van der Waals surface area contributed by atoms with Gasteiger partial charge in [0.05, 0.1) is 18.6 Å². The third-order valence-electron chi connectivity index (χ3n) is 5.51. The first-order valence-corrected chi connectivity index (χ1v) is 10.5. The molecule has 1 aromatic heterocycles. The first-order valence-electron chi connectivity index (χ1n) is 10.1. The molecule has 8 nitrogen and oxygen atoms in total. The van der Waals surface area contributed by atoms with Crippen molar-refractivity contribution in [3.05, 3.63) is 81.0 Å². The number of phenolic OH excluding ortho intramolecular Hbond substituents is 4. The Kier molecular flexibility index (Phi) is 6.08. The standard InChI is InChI=1S/C25H19ClO8/c1-33-19(29)10-14(13-7-8-16(27)15(26)9-13)20-22(30)24(32)23(31)21-17(28)11-18(34-25(20)21)12-5-3-2-4-6-12/h2-9,11,14,27,30-32H,10H2,1H3/t14-/m0/s1. The summed E-state index contributed by atoms with van der Waals surface area (Å²) in [7, 11) is 1.18. The summed E-state index contributed by atoms with van der Waals surface area (Å²) in [6.45, 7) is 0. The number of hydrogen-bond acceptors (Lipinski definition) is 8. The van der Waals surface area contributed by atoms with Crippen LogP contribution in [-0.4, -0.2) is 33.5 Å². The third kappa shape index (κ3) is 3.99. The van der Waals surface area contributed by atoms with Gasteiger partial charge in [-0.15, -0.1) is 0 Å². The molecule has 1 heterocycles. The molecular weight excluding hydrogens is 464 g/mol. The molecule has 0 bridgehead atoms. The van der Waals surface area contributed by atoms with E-state index in [0.717, 1.165) is 6.07 Å². The SMILES string of the molecule is COC(=O)C[C@@H](c1ccc(O)c(Cl)c1)c1c(O)c(O)c(O)c2c(=O)cc(-c3ccccc3)oc12. The number of esters is 1. The molecular formula is C25H19ClO8. The van der Waals surface area contributed by atoms with Crippen molar-refractivity contribution in [3.63, 3.8) is 0 Å². The Morgan fingerprint density at radius 1 is 1.00 bits per heavy atom. The highest BCUT2D eigenvalue weighted by Gasteiger charge is 2.31. The van der Waals surface area contributed by atoms with Gasteiger partial charge < -0.3 is 29.6 Å². The van der Waals surface area contributed by atoms with Crippen LogP contribution in [0.1, 0.15) is 23.5 Å². The van der Waals surface area contributed by atoms with Crippen molar-refractivity contribution in [2.45, 2.75) is 12.3 Å². The number of carbonyl (C=O) groups excluding carboxylic acids is 1. The number of aromatic hydroxyl groups is 4. The molecule has 1 atom stereocenters. The number of halogens is 1. The maximum absolute atomic E-state index is 13.0. The maximum atomic E-state index is 13.0. The van der Waals surface area contributed by atoms with Gasteiger partial charge in [-0.2, -0.15) is 0 Å². The Hall–Kier alpha value is -4.17. The van der Waals surface area contributed by atoms with Gasteiger partial charge in [0.1, 0.15) is 22.5 Å². The van der Waals surface area contributed by atoms with E-state index in [-0.39, 0.29) is 39.5 Å². The van der Waals surface area contributed by atoms with Crippen LogP contribution >= 0.6 is 11.6 Å². The second-order valence-corrected chi connectivity index (χ2v) is 7.96. The summed E-state index contributed by atoms with van der Waals surface area (Å²) in [6, 6.07) is 14.0. The minimum Gasteiger partial charge on any atom is -0.506 e. The molecule has 4 rings (SSSR count). The van der Waals surface area contributed by atoms with Crippen molar-refractivity contribution in [2.24, 2.45) is 0 Å². The normalized spacial score (nSPS) is 11.9. The Balaban J connectivity index is 2.10. The summed E-state index contributed by atoms with van der Waals surface area (Å²) < 4.78 is 10.8. The molecule has 3 aromatic carbocycles. The average Bonchev–Trinajstić information content (AvgIpc) is 2.83. The van der Waals surface area contributed by atoms with E-state index in [1.54, 1.807) is 30.3 Å². The molecule has 174 valence electrons. The second kappa shape index (κ2) is 8.99. The van der Waals surface area contributed by atoms with Gasteiger partial charge in [0.2, 0.25) is 5.75 Å². The fourth-order valence-corrected chi connectivity index (χ4v) is 4.01. The summed E-state index contributed by atoms with van der Waals surface area (Å²) in [5.41, 5.74) is -0.126. The number of rotatable bonds is 5. The highest BCUT2D eigenvalue weighted by Crippen LogP contribution is 2.49. The smallest absolute Gasteiger partial charge is 0.306 e. The zero-order valence-corrected chi connectivity index (χ0v) is 18.5. The van der Waals surface area contributed by atoms with Crippen LogP contribution in [0.5, 0.6) is 23.0 Å². The summed E-state index contributed by atoms with van der Waals surface area (Å²) in [6.07, 6.45) is -0.343. The van der Waals surface area contributed by atoms with E-state index in [9.17, 15) is 30.0 Å². The number of phenols is 4. The lowest BCUT2D eigenvalue weighted by Crippen LogP contribution is -2.12. The van der Waals surface area contributed by atoms with E-state index < -0.39 is 34.6 Å². The molecule has 0 unspecified atom stereocenters. The molecule has 4 N–H and O–H groups in total. The fraction of sp³-hybridized carbons (Fsp3) is 0.120. The molecule has 9 heteroatoms. The van der Waals surface area contributed by atoms with Gasteiger partial charge in [0.15, 0.2) is 16.9 Å². The van der Waals surface area contributed by atoms with Crippen molar-refractivity contribution in [3.8, 4) is 34.3 Å². The van der Waals surface area contributed by atoms with E-state index in [2.05, 4.69) is 0 Å². The lowest BCUT2D eigenvalue weighted by atomic mass is 9.86. The van der Waals surface area contributed by atoms with Gasteiger partial charge >= 0.3 is 5.97 Å². The molecule has 34 heavy (non-hydrogen) atoms. The van der Waals surface area contributed by atoms with Crippen LogP contribution in [0.15, 0.2) is 63.8 Å². The predicted octanol–water partition coefficient (Wildman–Crippen LogP) is 4.63. The largest absolute Gasteiger partial charge is 0.506 e. The van der Waals surface area contributed by atoms with Gasteiger partial charge in [-0.1, -0.05) is 48.0 Å². The maximum Gasteiger partial charge on any atom is 0.306 e. The van der Waals surface area contributed by atoms with Gasteiger partial charge in [-0.3, -0.25) is 9.59 Å². The molecule has 0 saturated heterocycles. The van der Waals surface area contributed by atoms with Gasteiger partial charge in [0.25, 0.3) is 0 Å². The lowest BCUT2D eigenvalue weighted by Gasteiger charge is -2.21. The van der Waals surface area contributed by atoms with E-state index in [1.165, 1.54) is 25.3 Å². The number of ether oxygens (including phenoxy) is 1. The lowest BCUT2D eigenvalue weighted by molar-refractivity contribution is -0.140. The predicted molar refractivity (Wildman–Crippen MR) is 125 cm³/mol.